The average Bonchev–Trinajstić information content (AvgIpc) is 2.60. The van der Waals surface area contributed by atoms with Crippen LogP contribution in [0.15, 0.2) is 24.3 Å². The minimum atomic E-state index is -0.567. The number of nitrogens with one attached hydrogen (secondary N) is 1. The molecule has 0 atom stereocenters. The summed E-state index contributed by atoms with van der Waals surface area (Å²) >= 11 is 0. The predicted octanol–water partition coefficient (Wildman–Crippen LogP) is 2.56. The van der Waals surface area contributed by atoms with Gasteiger partial charge in [0.2, 0.25) is 0 Å². The molecule has 1 aliphatic heterocycles. The fraction of sp³-hybridized carbons (Fsp3) is 0.500. The summed E-state index contributed by atoms with van der Waals surface area (Å²) in [5, 5.41) is 2.53. The van der Waals surface area contributed by atoms with Crippen molar-refractivity contribution in [3.63, 3.8) is 0 Å². The molecule has 0 radical (unpaired) electrons. The van der Waals surface area contributed by atoms with Crippen molar-refractivity contribution in [2.75, 3.05) is 38.6 Å². The second-order valence-electron chi connectivity index (χ2n) is 6.95. The maximum absolute atomic E-state index is 12.6. The van der Waals surface area contributed by atoms with E-state index < -0.39 is 11.7 Å². The van der Waals surface area contributed by atoms with Gasteiger partial charge in [0.25, 0.3) is 5.91 Å². The summed E-state index contributed by atoms with van der Waals surface area (Å²) in [6, 6.07) is 6.57. The molecule has 1 aliphatic rings. The van der Waals surface area contributed by atoms with E-state index in [1.807, 2.05) is 20.8 Å². The third kappa shape index (κ3) is 5.37. The Kier molecular flexibility index (Phi) is 6.07. The number of ether oxygens (including phenoxy) is 2. The summed E-state index contributed by atoms with van der Waals surface area (Å²) in [5.74, 6) is -0.113. The van der Waals surface area contributed by atoms with Gasteiger partial charge in [0.15, 0.2) is 0 Å². The molecule has 0 aliphatic carbocycles. The molecule has 0 aromatic heterocycles. The van der Waals surface area contributed by atoms with Crippen LogP contribution in [0.3, 0.4) is 0 Å². The van der Waals surface area contributed by atoms with Crippen molar-refractivity contribution < 1.29 is 23.9 Å². The largest absolute Gasteiger partial charge is 0.453 e. The molecule has 1 heterocycles. The molecule has 0 bridgehead atoms. The molecular formula is C18H25N3O5. The normalized spacial score (nSPS) is 14.6. The van der Waals surface area contributed by atoms with Crippen molar-refractivity contribution in [2.45, 2.75) is 26.4 Å². The lowest BCUT2D eigenvalue weighted by Gasteiger charge is -2.35. The van der Waals surface area contributed by atoms with Crippen molar-refractivity contribution in [3.05, 3.63) is 29.8 Å². The molecule has 1 fully saturated rings. The molecule has 1 saturated heterocycles. The summed E-state index contributed by atoms with van der Waals surface area (Å²) in [6.07, 6.45) is -0.926. The van der Waals surface area contributed by atoms with E-state index in [1.165, 1.54) is 7.11 Å². The van der Waals surface area contributed by atoms with Gasteiger partial charge in [-0.25, -0.2) is 9.59 Å². The number of piperazine rings is 1. The van der Waals surface area contributed by atoms with E-state index in [0.29, 0.717) is 37.4 Å². The van der Waals surface area contributed by atoms with E-state index >= 15 is 0 Å². The van der Waals surface area contributed by atoms with E-state index in [0.717, 1.165) is 0 Å². The topological polar surface area (TPSA) is 88.2 Å². The van der Waals surface area contributed by atoms with Crippen molar-refractivity contribution in [3.8, 4) is 0 Å². The first-order valence-electron chi connectivity index (χ1n) is 8.42. The number of rotatable bonds is 2. The number of amides is 3. The molecule has 0 spiro atoms. The van der Waals surface area contributed by atoms with Crippen LogP contribution in [-0.4, -0.2) is 66.8 Å². The van der Waals surface area contributed by atoms with Gasteiger partial charge in [-0.3, -0.25) is 10.1 Å². The Bertz CT molecular complexity index is 658. The lowest BCUT2D eigenvalue weighted by Crippen LogP contribution is -2.51. The number of benzene rings is 1. The maximum Gasteiger partial charge on any atom is 0.411 e. The summed E-state index contributed by atoms with van der Waals surface area (Å²) in [6.45, 7) is 7.22. The monoisotopic (exact) mass is 363 g/mol. The van der Waals surface area contributed by atoms with Crippen molar-refractivity contribution in [1.29, 1.82) is 0 Å². The van der Waals surface area contributed by atoms with Gasteiger partial charge >= 0.3 is 12.2 Å². The fourth-order valence-electron chi connectivity index (χ4n) is 2.47. The fourth-order valence-corrected chi connectivity index (χ4v) is 2.47. The minimum Gasteiger partial charge on any atom is -0.453 e. The highest BCUT2D eigenvalue weighted by atomic mass is 16.6. The third-order valence-electron chi connectivity index (χ3n) is 3.78. The Morgan fingerprint density at radius 1 is 0.962 bits per heavy atom. The van der Waals surface area contributed by atoms with Gasteiger partial charge < -0.3 is 19.3 Å². The first kappa shape index (κ1) is 19.6. The Balaban J connectivity index is 1.90. The second-order valence-corrected chi connectivity index (χ2v) is 6.95. The van der Waals surface area contributed by atoms with Crippen molar-refractivity contribution in [2.24, 2.45) is 0 Å². The van der Waals surface area contributed by atoms with Gasteiger partial charge in [0.05, 0.1) is 7.11 Å². The van der Waals surface area contributed by atoms with Crippen LogP contribution in [0, 0.1) is 0 Å². The van der Waals surface area contributed by atoms with E-state index in [9.17, 15) is 14.4 Å². The van der Waals surface area contributed by atoms with E-state index in [4.69, 9.17) is 4.74 Å². The Hall–Kier alpha value is -2.77. The lowest BCUT2D eigenvalue weighted by atomic mass is 10.1. The van der Waals surface area contributed by atoms with Crippen LogP contribution in [0.1, 0.15) is 31.1 Å². The molecule has 2 rings (SSSR count). The second kappa shape index (κ2) is 8.07. The zero-order valence-electron chi connectivity index (χ0n) is 15.6. The number of anilines is 1. The molecule has 0 unspecified atom stereocenters. The smallest absolute Gasteiger partial charge is 0.411 e. The molecule has 8 heteroatoms. The number of hydrogen-bond donors (Lipinski definition) is 1. The van der Waals surface area contributed by atoms with Crippen molar-refractivity contribution >= 4 is 23.8 Å². The van der Waals surface area contributed by atoms with Crippen LogP contribution in [0.25, 0.3) is 0 Å². The molecule has 0 saturated carbocycles. The van der Waals surface area contributed by atoms with Crippen LogP contribution in [0.2, 0.25) is 0 Å². The van der Waals surface area contributed by atoms with Crippen LogP contribution in [0.5, 0.6) is 0 Å². The SMILES string of the molecule is COC(=O)Nc1ccc(C(=O)N2CCN(C(=O)OC(C)(C)C)CC2)cc1. The summed E-state index contributed by atoms with van der Waals surface area (Å²) < 4.78 is 9.87. The molecular weight excluding hydrogens is 338 g/mol. The lowest BCUT2D eigenvalue weighted by molar-refractivity contribution is 0.0141. The summed E-state index contributed by atoms with van der Waals surface area (Å²) in [5.41, 5.74) is 0.526. The van der Waals surface area contributed by atoms with Gasteiger partial charge in [-0.1, -0.05) is 0 Å². The average molecular weight is 363 g/mol. The van der Waals surface area contributed by atoms with Gasteiger partial charge in [-0.2, -0.15) is 0 Å². The molecule has 1 N–H and O–H groups in total. The van der Waals surface area contributed by atoms with Gasteiger partial charge in [0, 0.05) is 37.4 Å². The number of methoxy groups -OCH3 is 1. The van der Waals surface area contributed by atoms with E-state index in [-0.39, 0.29) is 12.0 Å². The first-order chi connectivity index (χ1) is 12.2. The highest BCUT2D eigenvalue weighted by Crippen LogP contribution is 2.15. The van der Waals surface area contributed by atoms with Crippen LogP contribution < -0.4 is 5.32 Å². The molecule has 3 amide bonds. The summed E-state index contributed by atoms with van der Waals surface area (Å²) in [7, 11) is 1.28. The van der Waals surface area contributed by atoms with Crippen molar-refractivity contribution in [1.82, 2.24) is 9.80 Å². The van der Waals surface area contributed by atoms with Gasteiger partial charge in [-0.05, 0) is 45.0 Å². The maximum atomic E-state index is 12.6. The highest BCUT2D eigenvalue weighted by Gasteiger charge is 2.28. The standard InChI is InChI=1S/C18H25N3O5/c1-18(2,3)26-17(24)21-11-9-20(10-12-21)15(22)13-5-7-14(8-6-13)19-16(23)25-4/h5-8H,9-12H2,1-4H3,(H,19,23). The molecule has 1 aromatic rings. The molecule has 142 valence electrons. The Labute approximate surface area is 153 Å². The minimum absolute atomic E-state index is 0.113. The third-order valence-corrected chi connectivity index (χ3v) is 3.78. The zero-order valence-corrected chi connectivity index (χ0v) is 15.6. The number of hydrogen-bond acceptors (Lipinski definition) is 5. The first-order valence-corrected chi connectivity index (χ1v) is 8.42. The molecule has 8 nitrogen and oxygen atoms in total. The van der Waals surface area contributed by atoms with Crippen LogP contribution in [0.4, 0.5) is 15.3 Å². The number of carbonyl (C=O) groups excluding carboxylic acids is 3. The van der Waals surface area contributed by atoms with Gasteiger partial charge in [-0.15, -0.1) is 0 Å². The van der Waals surface area contributed by atoms with E-state index in [2.05, 4.69) is 10.1 Å². The zero-order chi connectivity index (χ0) is 19.3. The molecule has 26 heavy (non-hydrogen) atoms. The van der Waals surface area contributed by atoms with Crippen LogP contribution >= 0.6 is 0 Å². The number of nitrogens with zero attached hydrogens (tertiary/aromatic N) is 2. The quantitative estimate of drug-likeness (QED) is 0.872. The predicted molar refractivity (Wildman–Crippen MR) is 96.2 cm³/mol. The van der Waals surface area contributed by atoms with Gasteiger partial charge in [0.1, 0.15) is 5.60 Å². The molecule has 1 aromatic carbocycles. The Morgan fingerprint density at radius 2 is 1.50 bits per heavy atom. The van der Waals surface area contributed by atoms with E-state index in [1.54, 1.807) is 34.1 Å². The Morgan fingerprint density at radius 3 is 2.00 bits per heavy atom. The number of carbonyl (C=O) groups is 3. The highest BCUT2D eigenvalue weighted by molar-refractivity contribution is 5.95. The van der Waals surface area contributed by atoms with Crippen LogP contribution in [-0.2, 0) is 9.47 Å². The summed E-state index contributed by atoms with van der Waals surface area (Å²) in [4.78, 5) is 39.1.